The molecule has 22 heavy (non-hydrogen) atoms. The molecule has 0 bridgehead atoms. The van der Waals surface area contributed by atoms with Crippen molar-refractivity contribution in [3.05, 3.63) is 28.3 Å². The fraction of sp³-hybridized carbons (Fsp3) is 0.562. The number of sulfonamides is 1. The highest BCUT2D eigenvalue weighted by atomic mass is 32.2. The van der Waals surface area contributed by atoms with Crippen molar-refractivity contribution in [2.75, 3.05) is 20.2 Å². The molecule has 0 amide bonds. The molecular weight excluding hydrogens is 302 g/mol. The van der Waals surface area contributed by atoms with Gasteiger partial charge in [0.15, 0.2) is 0 Å². The highest BCUT2D eigenvalue weighted by molar-refractivity contribution is 7.89. The molecule has 1 rings (SSSR count). The Labute approximate surface area is 133 Å². The van der Waals surface area contributed by atoms with Crippen molar-refractivity contribution in [3.63, 3.8) is 0 Å². The first kappa shape index (κ1) is 18.6. The second-order valence-corrected chi connectivity index (χ2v) is 7.29. The number of nitrogens with zero attached hydrogens (tertiary/aromatic N) is 1. The number of carbonyl (C=O) groups is 1. The molecule has 6 heteroatoms. The van der Waals surface area contributed by atoms with Crippen LogP contribution in [0.15, 0.2) is 11.0 Å². The number of benzene rings is 1. The van der Waals surface area contributed by atoms with E-state index >= 15 is 0 Å². The Balaban J connectivity index is 3.31. The molecule has 0 unspecified atom stereocenters. The first-order chi connectivity index (χ1) is 10.2. The van der Waals surface area contributed by atoms with Gasteiger partial charge in [0.1, 0.15) is 0 Å². The molecule has 0 atom stereocenters. The summed E-state index contributed by atoms with van der Waals surface area (Å²) >= 11 is 0. The topological polar surface area (TPSA) is 63.7 Å². The van der Waals surface area contributed by atoms with Crippen LogP contribution in [0.25, 0.3) is 0 Å². The molecule has 0 saturated heterocycles. The Hall–Kier alpha value is -1.40. The molecule has 124 valence electrons. The molecule has 0 fully saturated rings. The summed E-state index contributed by atoms with van der Waals surface area (Å²) in [5, 5.41) is 0. The fourth-order valence-corrected chi connectivity index (χ4v) is 4.49. The molecule has 0 spiro atoms. The molecule has 0 radical (unpaired) electrons. The molecule has 0 saturated carbocycles. The van der Waals surface area contributed by atoms with Gasteiger partial charge < -0.3 is 4.74 Å². The lowest BCUT2D eigenvalue weighted by atomic mass is 10.0. The van der Waals surface area contributed by atoms with Gasteiger partial charge in [0.2, 0.25) is 10.0 Å². The highest BCUT2D eigenvalue weighted by Gasteiger charge is 2.28. The Morgan fingerprint density at radius 2 is 1.64 bits per heavy atom. The Morgan fingerprint density at radius 3 is 2.05 bits per heavy atom. The van der Waals surface area contributed by atoms with Gasteiger partial charge in [-0.3, -0.25) is 4.79 Å². The Kier molecular flexibility index (Phi) is 6.14. The monoisotopic (exact) mass is 327 g/mol. The summed E-state index contributed by atoms with van der Waals surface area (Å²) in [5.74, 6) is -0.414. The van der Waals surface area contributed by atoms with Gasteiger partial charge in [0.25, 0.3) is 0 Å². The van der Waals surface area contributed by atoms with Gasteiger partial charge in [0.05, 0.1) is 18.4 Å². The van der Waals surface area contributed by atoms with Crippen molar-refractivity contribution in [1.82, 2.24) is 4.31 Å². The van der Waals surface area contributed by atoms with Gasteiger partial charge in [0, 0.05) is 13.1 Å². The van der Waals surface area contributed by atoms with E-state index in [-0.39, 0.29) is 13.0 Å². The Morgan fingerprint density at radius 1 is 1.14 bits per heavy atom. The van der Waals surface area contributed by atoms with E-state index < -0.39 is 16.0 Å². The molecule has 0 N–H and O–H groups in total. The second kappa shape index (κ2) is 7.24. The summed E-state index contributed by atoms with van der Waals surface area (Å²) < 4.78 is 31.9. The van der Waals surface area contributed by atoms with E-state index in [4.69, 9.17) is 0 Å². The van der Waals surface area contributed by atoms with E-state index in [1.54, 1.807) is 6.92 Å². The molecule has 5 nitrogen and oxygen atoms in total. The van der Waals surface area contributed by atoms with Crippen molar-refractivity contribution >= 4 is 16.0 Å². The van der Waals surface area contributed by atoms with Gasteiger partial charge in [-0.1, -0.05) is 13.0 Å². The standard InChI is InChI=1S/C16H25NO4S/c1-7-17(9-8-15(18)21-6)22(19,20)16-13(4)11(2)10-12(3)14(16)5/h10H,7-9H2,1-6H3. The molecular formula is C16H25NO4S. The minimum Gasteiger partial charge on any atom is -0.469 e. The van der Waals surface area contributed by atoms with Crippen molar-refractivity contribution in [1.29, 1.82) is 0 Å². The van der Waals surface area contributed by atoms with Crippen LogP contribution in [0, 0.1) is 27.7 Å². The van der Waals surface area contributed by atoms with Crippen molar-refractivity contribution in [2.24, 2.45) is 0 Å². The van der Waals surface area contributed by atoms with E-state index in [0.717, 1.165) is 22.3 Å². The van der Waals surface area contributed by atoms with Crippen molar-refractivity contribution in [3.8, 4) is 0 Å². The molecule has 1 aromatic carbocycles. The third-order valence-corrected chi connectivity index (χ3v) is 6.29. The van der Waals surface area contributed by atoms with E-state index in [1.165, 1.54) is 11.4 Å². The van der Waals surface area contributed by atoms with Crippen LogP contribution in [0.1, 0.15) is 35.6 Å². The SMILES string of the molecule is CCN(CCC(=O)OC)S(=O)(=O)c1c(C)c(C)cc(C)c1C. The normalized spacial score (nSPS) is 11.8. The molecule has 0 aliphatic heterocycles. The molecule has 0 aliphatic rings. The largest absolute Gasteiger partial charge is 0.469 e. The number of ether oxygens (including phenoxy) is 1. The van der Waals surface area contributed by atoms with Crippen LogP contribution in [0.2, 0.25) is 0 Å². The highest BCUT2D eigenvalue weighted by Crippen LogP contribution is 2.28. The van der Waals surface area contributed by atoms with Crippen LogP contribution in [-0.4, -0.2) is 38.9 Å². The number of hydrogen-bond donors (Lipinski definition) is 0. The quantitative estimate of drug-likeness (QED) is 0.753. The fourth-order valence-electron chi connectivity index (χ4n) is 2.46. The minimum atomic E-state index is -3.64. The number of aryl methyl sites for hydroxylation is 2. The maximum atomic E-state index is 13.0. The Bertz CT molecular complexity index is 639. The zero-order chi connectivity index (χ0) is 17.1. The minimum absolute atomic E-state index is 0.0481. The molecule has 1 aromatic rings. The van der Waals surface area contributed by atoms with Crippen LogP contribution in [0.4, 0.5) is 0 Å². The maximum Gasteiger partial charge on any atom is 0.306 e. The molecule has 0 aromatic heterocycles. The molecule has 0 aliphatic carbocycles. The maximum absolute atomic E-state index is 13.0. The predicted molar refractivity (Wildman–Crippen MR) is 86.5 cm³/mol. The summed E-state index contributed by atoms with van der Waals surface area (Å²) in [6, 6.07) is 1.99. The van der Waals surface area contributed by atoms with E-state index in [1.807, 2.05) is 33.8 Å². The number of methoxy groups -OCH3 is 1. The predicted octanol–water partition coefficient (Wildman–Crippen LogP) is 2.49. The van der Waals surface area contributed by atoms with Gasteiger partial charge in [-0.05, 0) is 49.9 Å². The summed E-state index contributed by atoms with van der Waals surface area (Å²) in [6.07, 6.45) is 0.0481. The zero-order valence-electron chi connectivity index (χ0n) is 14.2. The number of carbonyl (C=O) groups excluding carboxylic acids is 1. The van der Waals surface area contributed by atoms with Crippen LogP contribution < -0.4 is 0 Å². The van der Waals surface area contributed by atoms with Crippen molar-refractivity contribution < 1.29 is 17.9 Å². The van der Waals surface area contributed by atoms with Gasteiger partial charge in [-0.25, -0.2) is 8.42 Å². The van der Waals surface area contributed by atoms with Gasteiger partial charge in [-0.2, -0.15) is 4.31 Å². The smallest absolute Gasteiger partial charge is 0.306 e. The van der Waals surface area contributed by atoms with Crippen LogP contribution in [0.3, 0.4) is 0 Å². The van der Waals surface area contributed by atoms with E-state index in [9.17, 15) is 13.2 Å². The lowest BCUT2D eigenvalue weighted by molar-refractivity contribution is -0.140. The third kappa shape index (κ3) is 3.67. The summed E-state index contributed by atoms with van der Waals surface area (Å²) in [4.78, 5) is 11.7. The van der Waals surface area contributed by atoms with E-state index in [0.29, 0.717) is 11.4 Å². The van der Waals surface area contributed by atoms with Crippen molar-refractivity contribution in [2.45, 2.75) is 45.9 Å². The van der Waals surface area contributed by atoms with Gasteiger partial charge >= 0.3 is 5.97 Å². The zero-order valence-corrected chi connectivity index (χ0v) is 15.0. The number of rotatable bonds is 6. The van der Waals surface area contributed by atoms with Gasteiger partial charge in [-0.15, -0.1) is 0 Å². The summed E-state index contributed by atoms with van der Waals surface area (Å²) in [6.45, 7) is 9.66. The number of esters is 1. The first-order valence-corrected chi connectivity index (χ1v) is 8.75. The van der Waals surface area contributed by atoms with Crippen LogP contribution >= 0.6 is 0 Å². The average molecular weight is 327 g/mol. The first-order valence-electron chi connectivity index (χ1n) is 7.31. The lowest BCUT2D eigenvalue weighted by Gasteiger charge is -2.24. The average Bonchev–Trinajstić information content (AvgIpc) is 2.45. The second-order valence-electron chi connectivity index (χ2n) is 5.41. The lowest BCUT2D eigenvalue weighted by Crippen LogP contribution is -2.34. The number of hydrogen-bond acceptors (Lipinski definition) is 4. The van der Waals surface area contributed by atoms with E-state index in [2.05, 4.69) is 4.74 Å². The van der Waals surface area contributed by atoms with Crippen LogP contribution in [-0.2, 0) is 19.6 Å². The van der Waals surface area contributed by atoms with Crippen LogP contribution in [0.5, 0.6) is 0 Å². The third-order valence-electron chi connectivity index (χ3n) is 4.04. The molecule has 0 heterocycles. The summed E-state index contributed by atoms with van der Waals surface area (Å²) in [5.41, 5.74) is 3.43. The summed E-state index contributed by atoms with van der Waals surface area (Å²) in [7, 11) is -2.34.